The fourth-order valence-electron chi connectivity index (χ4n) is 4.29. The molecule has 1 N–H and O–H groups in total. The highest BCUT2D eigenvalue weighted by Crippen LogP contribution is 2.31. The number of rotatable bonds is 9. The van der Waals surface area contributed by atoms with Gasteiger partial charge in [-0.15, -0.1) is 0 Å². The molecular formula is C27H33N3O3. The maximum atomic E-state index is 11.8. The highest BCUT2D eigenvalue weighted by atomic mass is 16.5. The van der Waals surface area contributed by atoms with Crippen LogP contribution < -0.4 is 5.32 Å². The summed E-state index contributed by atoms with van der Waals surface area (Å²) < 4.78 is 10.6. The second-order valence-corrected chi connectivity index (χ2v) is 9.35. The van der Waals surface area contributed by atoms with E-state index in [4.69, 9.17) is 9.26 Å². The molecule has 1 aromatic heterocycles. The number of carbonyl (C=O) groups is 1. The van der Waals surface area contributed by atoms with E-state index in [9.17, 15) is 4.79 Å². The van der Waals surface area contributed by atoms with E-state index in [0.717, 1.165) is 30.4 Å². The van der Waals surface area contributed by atoms with E-state index in [0.29, 0.717) is 30.3 Å². The van der Waals surface area contributed by atoms with Crippen molar-refractivity contribution in [3.8, 4) is 22.8 Å². The van der Waals surface area contributed by atoms with Gasteiger partial charge >= 0.3 is 5.97 Å². The highest BCUT2D eigenvalue weighted by Gasteiger charge is 2.36. The molecule has 1 aliphatic rings. The molecule has 0 aliphatic heterocycles. The SMILES string of the molecule is CCOC(=O)[C@H]1C[C@@H](N[C@@H](C)c2ccc(-c3noc(-c4ccc(CC(C)C)cc4)n3)cc2)C1. The summed E-state index contributed by atoms with van der Waals surface area (Å²) in [6.07, 6.45) is 2.73. The predicted molar refractivity (Wildman–Crippen MR) is 128 cm³/mol. The van der Waals surface area contributed by atoms with E-state index in [1.165, 1.54) is 11.1 Å². The van der Waals surface area contributed by atoms with Crippen molar-refractivity contribution in [2.75, 3.05) is 6.61 Å². The first-order valence-electron chi connectivity index (χ1n) is 11.9. The second-order valence-electron chi connectivity index (χ2n) is 9.35. The van der Waals surface area contributed by atoms with Crippen molar-refractivity contribution in [1.82, 2.24) is 15.5 Å². The lowest BCUT2D eigenvalue weighted by Crippen LogP contribution is -2.45. The molecule has 0 saturated heterocycles. The number of esters is 1. The summed E-state index contributed by atoms with van der Waals surface area (Å²) in [6.45, 7) is 8.87. The van der Waals surface area contributed by atoms with Crippen LogP contribution in [0.1, 0.15) is 57.7 Å². The van der Waals surface area contributed by atoms with Crippen LogP contribution >= 0.6 is 0 Å². The third-order valence-electron chi connectivity index (χ3n) is 6.18. The summed E-state index contributed by atoms with van der Waals surface area (Å²) in [5.41, 5.74) is 4.34. The Morgan fingerprint density at radius 3 is 2.36 bits per heavy atom. The van der Waals surface area contributed by atoms with Crippen LogP contribution in [-0.2, 0) is 16.0 Å². The van der Waals surface area contributed by atoms with Gasteiger partial charge in [0.2, 0.25) is 5.82 Å². The van der Waals surface area contributed by atoms with Gasteiger partial charge in [0.15, 0.2) is 0 Å². The molecule has 1 heterocycles. The number of aromatic nitrogens is 2. The van der Waals surface area contributed by atoms with Crippen molar-refractivity contribution < 1.29 is 14.1 Å². The lowest BCUT2D eigenvalue weighted by atomic mass is 9.80. The molecule has 1 atom stereocenters. The summed E-state index contributed by atoms with van der Waals surface area (Å²) in [6, 6.07) is 17.1. The lowest BCUT2D eigenvalue weighted by molar-refractivity contribution is -0.151. The minimum absolute atomic E-state index is 0.0378. The third-order valence-corrected chi connectivity index (χ3v) is 6.18. The Morgan fingerprint density at radius 1 is 1.06 bits per heavy atom. The van der Waals surface area contributed by atoms with Gasteiger partial charge in [-0.25, -0.2) is 0 Å². The maximum absolute atomic E-state index is 11.8. The molecule has 3 aromatic rings. The first-order valence-corrected chi connectivity index (χ1v) is 11.9. The third kappa shape index (κ3) is 5.69. The minimum Gasteiger partial charge on any atom is -0.466 e. The molecule has 33 heavy (non-hydrogen) atoms. The van der Waals surface area contributed by atoms with Crippen LogP contribution in [0, 0.1) is 11.8 Å². The monoisotopic (exact) mass is 447 g/mol. The minimum atomic E-state index is -0.0708. The first kappa shape index (κ1) is 23.2. The summed E-state index contributed by atoms with van der Waals surface area (Å²) >= 11 is 0. The van der Waals surface area contributed by atoms with Crippen LogP contribution in [0.2, 0.25) is 0 Å². The van der Waals surface area contributed by atoms with Gasteiger partial charge in [0.1, 0.15) is 0 Å². The molecule has 6 nitrogen and oxygen atoms in total. The van der Waals surface area contributed by atoms with Crippen molar-refractivity contribution >= 4 is 5.97 Å². The Labute approximate surface area is 195 Å². The molecule has 0 bridgehead atoms. The molecule has 1 saturated carbocycles. The van der Waals surface area contributed by atoms with E-state index < -0.39 is 0 Å². The van der Waals surface area contributed by atoms with Crippen molar-refractivity contribution in [2.24, 2.45) is 11.8 Å². The molecule has 1 fully saturated rings. The number of nitrogens with one attached hydrogen (secondary N) is 1. The van der Waals surface area contributed by atoms with E-state index in [1.807, 2.05) is 31.2 Å². The van der Waals surface area contributed by atoms with Gasteiger partial charge in [0.25, 0.3) is 5.89 Å². The summed E-state index contributed by atoms with van der Waals surface area (Å²) in [4.78, 5) is 16.4. The predicted octanol–water partition coefficient (Wildman–Crippen LogP) is 5.59. The number of benzene rings is 2. The largest absolute Gasteiger partial charge is 0.466 e. The van der Waals surface area contributed by atoms with Gasteiger partial charge in [-0.1, -0.05) is 55.4 Å². The molecule has 2 aromatic carbocycles. The van der Waals surface area contributed by atoms with Gasteiger partial charge in [-0.3, -0.25) is 4.79 Å². The first-order chi connectivity index (χ1) is 15.9. The fraction of sp³-hybridized carbons (Fsp3) is 0.444. The summed E-state index contributed by atoms with van der Waals surface area (Å²) in [5.74, 6) is 1.71. The highest BCUT2D eigenvalue weighted by molar-refractivity contribution is 5.73. The fourth-order valence-corrected chi connectivity index (χ4v) is 4.29. The molecule has 0 amide bonds. The second kappa shape index (κ2) is 10.3. The summed E-state index contributed by atoms with van der Waals surface area (Å²) in [7, 11) is 0. The Balaban J connectivity index is 1.34. The number of ether oxygens (including phenoxy) is 1. The van der Waals surface area contributed by atoms with Crippen molar-refractivity contribution in [1.29, 1.82) is 0 Å². The Kier molecular flexibility index (Phi) is 7.23. The number of hydrogen-bond donors (Lipinski definition) is 1. The zero-order valence-electron chi connectivity index (χ0n) is 19.9. The number of nitrogens with zero attached hydrogens (tertiary/aromatic N) is 2. The van der Waals surface area contributed by atoms with Crippen LogP contribution in [0.4, 0.5) is 0 Å². The lowest BCUT2D eigenvalue weighted by Gasteiger charge is -2.36. The van der Waals surface area contributed by atoms with Gasteiger partial charge in [-0.05, 0) is 62.3 Å². The zero-order valence-corrected chi connectivity index (χ0v) is 19.9. The average molecular weight is 448 g/mol. The molecule has 0 unspecified atom stereocenters. The summed E-state index contributed by atoms with van der Waals surface area (Å²) in [5, 5.41) is 7.78. The molecule has 0 spiro atoms. The van der Waals surface area contributed by atoms with E-state index in [-0.39, 0.29) is 17.9 Å². The Morgan fingerprint density at radius 2 is 1.73 bits per heavy atom. The van der Waals surface area contributed by atoms with Crippen LogP contribution in [0.25, 0.3) is 22.8 Å². The molecule has 6 heteroatoms. The zero-order chi connectivity index (χ0) is 23.4. The van der Waals surface area contributed by atoms with Gasteiger partial charge in [0, 0.05) is 23.2 Å². The van der Waals surface area contributed by atoms with Crippen LogP contribution in [0.3, 0.4) is 0 Å². The van der Waals surface area contributed by atoms with Crippen LogP contribution in [-0.4, -0.2) is 28.8 Å². The van der Waals surface area contributed by atoms with E-state index in [2.05, 4.69) is 60.5 Å². The normalized spacial score (nSPS) is 18.7. The molecule has 1 aliphatic carbocycles. The van der Waals surface area contributed by atoms with Crippen molar-refractivity contribution in [3.63, 3.8) is 0 Å². The van der Waals surface area contributed by atoms with Crippen molar-refractivity contribution in [2.45, 2.75) is 59.0 Å². The van der Waals surface area contributed by atoms with E-state index >= 15 is 0 Å². The number of hydrogen-bond acceptors (Lipinski definition) is 6. The topological polar surface area (TPSA) is 77.2 Å². The van der Waals surface area contributed by atoms with Gasteiger partial charge < -0.3 is 14.6 Å². The molecular weight excluding hydrogens is 414 g/mol. The maximum Gasteiger partial charge on any atom is 0.309 e. The van der Waals surface area contributed by atoms with Gasteiger partial charge in [0.05, 0.1) is 12.5 Å². The molecule has 4 rings (SSSR count). The average Bonchev–Trinajstić information content (AvgIpc) is 3.26. The van der Waals surface area contributed by atoms with E-state index in [1.54, 1.807) is 0 Å². The smallest absolute Gasteiger partial charge is 0.309 e. The Bertz CT molecular complexity index is 1050. The van der Waals surface area contributed by atoms with Gasteiger partial charge in [-0.2, -0.15) is 4.98 Å². The molecule has 0 radical (unpaired) electrons. The Hall–Kier alpha value is -2.99. The van der Waals surface area contributed by atoms with Crippen molar-refractivity contribution in [3.05, 3.63) is 59.7 Å². The standard InChI is InChI=1S/C27H33N3O3/c1-5-32-27(31)23-15-24(16-23)28-18(4)20-10-12-21(13-11-20)25-29-26(33-30-25)22-8-6-19(7-9-22)14-17(2)3/h6-13,17-18,23-24,28H,5,14-16H2,1-4H3/t18-,23-,24+/m0/s1. The molecule has 174 valence electrons. The van der Waals surface area contributed by atoms with Crippen LogP contribution in [0.15, 0.2) is 53.1 Å². The quantitative estimate of drug-likeness (QED) is 0.431. The number of carbonyl (C=O) groups excluding carboxylic acids is 1. The van der Waals surface area contributed by atoms with Crippen LogP contribution in [0.5, 0.6) is 0 Å².